The molecule has 0 saturated heterocycles. The SMILES string of the molecule is Cc1ccc(NC(=O)CN(C)Cc2ccc(C(=O)Nc3ccccc3)cc2)cc1. The van der Waals surface area contributed by atoms with Crippen molar-refractivity contribution in [1.29, 1.82) is 0 Å². The molecule has 0 aliphatic carbocycles. The molecule has 5 heteroatoms. The van der Waals surface area contributed by atoms with Gasteiger partial charge in [0, 0.05) is 23.5 Å². The Hall–Kier alpha value is -3.44. The lowest BCUT2D eigenvalue weighted by Gasteiger charge is -2.16. The fourth-order valence-corrected chi connectivity index (χ4v) is 2.94. The predicted octanol–water partition coefficient (Wildman–Crippen LogP) is 4.32. The minimum Gasteiger partial charge on any atom is -0.325 e. The van der Waals surface area contributed by atoms with Gasteiger partial charge in [-0.05, 0) is 55.9 Å². The zero-order valence-electron chi connectivity index (χ0n) is 16.7. The van der Waals surface area contributed by atoms with E-state index in [1.54, 1.807) is 12.1 Å². The third-order valence-corrected chi connectivity index (χ3v) is 4.45. The van der Waals surface area contributed by atoms with E-state index in [4.69, 9.17) is 0 Å². The van der Waals surface area contributed by atoms with Crippen molar-refractivity contribution in [1.82, 2.24) is 4.90 Å². The van der Waals surface area contributed by atoms with Gasteiger partial charge in [-0.15, -0.1) is 0 Å². The summed E-state index contributed by atoms with van der Waals surface area (Å²) in [5.41, 5.74) is 4.34. The molecule has 0 atom stereocenters. The van der Waals surface area contributed by atoms with Gasteiger partial charge in [-0.3, -0.25) is 14.5 Å². The highest BCUT2D eigenvalue weighted by Gasteiger charge is 2.09. The molecule has 2 amide bonds. The van der Waals surface area contributed by atoms with E-state index in [0.29, 0.717) is 12.1 Å². The number of anilines is 2. The van der Waals surface area contributed by atoms with E-state index >= 15 is 0 Å². The lowest BCUT2D eigenvalue weighted by atomic mass is 10.1. The highest BCUT2D eigenvalue weighted by atomic mass is 16.2. The highest BCUT2D eigenvalue weighted by molar-refractivity contribution is 6.04. The topological polar surface area (TPSA) is 61.4 Å². The summed E-state index contributed by atoms with van der Waals surface area (Å²) in [4.78, 5) is 26.5. The molecule has 3 rings (SSSR count). The molecule has 0 heterocycles. The molecule has 0 radical (unpaired) electrons. The van der Waals surface area contributed by atoms with Gasteiger partial charge in [0.1, 0.15) is 0 Å². The zero-order chi connectivity index (χ0) is 20.6. The van der Waals surface area contributed by atoms with E-state index in [0.717, 1.165) is 22.5 Å². The quantitative estimate of drug-likeness (QED) is 0.635. The van der Waals surface area contributed by atoms with Crippen LogP contribution in [0.5, 0.6) is 0 Å². The van der Waals surface area contributed by atoms with Crippen molar-refractivity contribution in [2.45, 2.75) is 13.5 Å². The molecular formula is C24H25N3O2. The minimum absolute atomic E-state index is 0.0600. The Morgan fingerprint density at radius 2 is 1.41 bits per heavy atom. The molecule has 0 spiro atoms. The Morgan fingerprint density at radius 3 is 2.07 bits per heavy atom. The number of rotatable bonds is 7. The minimum atomic E-state index is -0.145. The van der Waals surface area contributed by atoms with Gasteiger partial charge < -0.3 is 10.6 Å². The van der Waals surface area contributed by atoms with Crippen molar-refractivity contribution >= 4 is 23.2 Å². The Kier molecular flexibility index (Phi) is 6.76. The van der Waals surface area contributed by atoms with Crippen LogP contribution in [0.25, 0.3) is 0 Å². The van der Waals surface area contributed by atoms with Crippen LogP contribution in [0.4, 0.5) is 11.4 Å². The first kappa shape index (κ1) is 20.3. The van der Waals surface area contributed by atoms with Gasteiger partial charge in [-0.1, -0.05) is 48.0 Å². The Morgan fingerprint density at radius 1 is 0.793 bits per heavy atom. The summed E-state index contributed by atoms with van der Waals surface area (Å²) in [6.07, 6.45) is 0. The molecule has 3 aromatic carbocycles. The van der Waals surface area contributed by atoms with Crippen molar-refractivity contribution < 1.29 is 9.59 Å². The van der Waals surface area contributed by atoms with Crippen molar-refractivity contribution in [2.24, 2.45) is 0 Å². The molecule has 0 unspecified atom stereocenters. The van der Waals surface area contributed by atoms with Crippen LogP contribution in [0.2, 0.25) is 0 Å². The third kappa shape index (κ3) is 6.30. The maximum absolute atomic E-state index is 12.3. The molecular weight excluding hydrogens is 362 g/mol. The van der Waals surface area contributed by atoms with Crippen LogP contribution in [0.3, 0.4) is 0 Å². The van der Waals surface area contributed by atoms with E-state index in [9.17, 15) is 9.59 Å². The van der Waals surface area contributed by atoms with E-state index < -0.39 is 0 Å². The average Bonchev–Trinajstić information content (AvgIpc) is 2.71. The summed E-state index contributed by atoms with van der Waals surface area (Å²) in [6, 6.07) is 24.5. The lowest BCUT2D eigenvalue weighted by molar-refractivity contribution is -0.117. The van der Waals surface area contributed by atoms with Crippen molar-refractivity contribution in [3.63, 3.8) is 0 Å². The second-order valence-corrected chi connectivity index (χ2v) is 7.10. The smallest absolute Gasteiger partial charge is 0.255 e. The van der Waals surface area contributed by atoms with Crippen LogP contribution >= 0.6 is 0 Å². The summed E-state index contributed by atoms with van der Waals surface area (Å²) >= 11 is 0. The van der Waals surface area contributed by atoms with Crippen LogP contribution in [-0.2, 0) is 11.3 Å². The Labute approximate surface area is 171 Å². The largest absolute Gasteiger partial charge is 0.325 e. The number of hydrogen-bond acceptors (Lipinski definition) is 3. The number of nitrogens with zero attached hydrogens (tertiary/aromatic N) is 1. The van der Waals surface area contributed by atoms with Crippen molar-refractivity contribution in [3.05, 3.63) is 95.6 Å². The van der Waals surface area contributed by atoms with E-state index in [2.05, 4.69) is 10.6 Å². The second-order valence-electron chi connectivity index (χ2n) is 7.10. The fourth-order valence-electron chi connectivity index (χ4n) is 2.94. The van der Waals surface area contributed by atoms with E-state index in [1.165, 1.54) is 0 Å². The van der Waals surface area contributed by atoms with Gasteiger partial charge in [0.25, 0.3) is 5.91 Å². The number of para-hydroxylation sites is 1. The molecule has 3 aromatic rings. The third-order valence-electron chi connectivity index (χ3n) is 4.45. The van der Waals surface area contributed by atoms with Crippen LogP contribution in [0, 0.1) is 6.92 Å². The fraction of sp³-hybridized carbons (Fsp3) is 0.167. The normalized spacial score (nSPS) is 10.6. The molecule has 148 valence electrons. The monoisotopic (exact) mass is 387 g/mol. The standard InChI is InChI=1S/C24H25N3O2/c1-18-8-14-22(15-9-18)25-23(28)17-27(2)16-19-10-12-20(13-11-19)24(29)26-21-6-4-3-5-7-21/h3-15H,16-17H2,1-2H3,(H,25,28)(H,26,29). The summed E-state index contributed by atoms with van der Waals surface area (Å²) in [6.45, 7) is 2.90. The number of aryl methyl sites for hydroxylation is 1. The van der Waals surface area contributed by atoms with Crippen molar-refractivity contribution in [3.8, 4) is 0 Å². The van der Waals surface area contributed by atoms with Crippen molar-refractivity contribution in [2.75, 3.05) is 24.2 Å². The number of benzene rings is 3. The predicted molar refractivity (Wildman–Crippen MR) is 117 cm³/mol. The Bertz CT molecular complexity index is 952. The maximum Gasteiger partial charge on any atom is 0.255 e. The first-order valence-corrected chi connectivity index (χ1v) is 9.50. The summed E-state index contributed by atoms with van der Waals surface area (Å²) < 4.78 is 0. The molecule has 0 aliphatic heterocycles. The van der Waals surface area contributed by atoms with Crippen LogP contribution < -0.4 is 10.6 Å². The summed E-state index contributed by atoms with van der Waals surface area (Å²) in [5, 5.41) is 5.77. The number of nitrogens with one attached hydrogen (secondary N) is 2. The van der Waals surface area contributed by atoms with Gasteiger partial charge in [0.05, 0.1) is 6.54 Å². The number of amides is 2. The summed E-state index contributed by atoms with van der Waals surface area (Å²) in [5.74, 6) is -0.205. The van der Waals surface area contributed by atoms with Crippen LogP contribution in [-0.4, -0.2) is 30.3 Å². The van der Waals surface area contributed by atoms with Gasteiger partial charge in [-0.25, -0.2) is 0 Å². The van der Waals surface area contributed by atoms with Crippen LogP contribution in [0.15, 0.2) is 78.9 Å². The van der Waals surface area contributed by atoms with E-state index in [-0.39, 0.29) is 18.4 Å². The number of carbonyl (C=O) groups is 2. The van der Waals surface area contributed by atoms with Gasteiger partial charge in [0.2, 0.25) is 5.91 Å². The average molecular weight is 387 g/mol. The molecule has 5 nitrogen and oxygen atoms in total. The number of carbonyl (C=O) groups excluding carboxylic acids is 2. The van der Waals surface area contributed by atoms with Gasteiger partial charge in [-0.2, -0.15) is 0 Å². The van der Waals surface area contributed by atoms with Gasteiger partial charge in [0.15, 0.2) is 0 Å². The van der Waals surface area contributed by atoms with Gasteiger partial charge >= 0.3 is 0 Å². The molecule has 0 fully saturated rings. The highest BCUT2D eigenvalue weighted by Crippen LogP contribution is 2.12. The molecule has 2 N–H and O–H groups in total. The molecule has 0 aromatic heterocycles. The molecule has 0 saturated carbocycles. The Balaban J connectivity index is 1.50. The van der Waals surface area contributed by atoms with Crippen LogP contribution in [0.1, 0.15) is 21.5 Å². The second kappa shape index (κ2) is 9.66. The molecule has 29 heavy (non-hydrogen) atoms. The first-order valence-electron chi connectivity index (χ1n) is 9.50. The molecule has 0 bridgehead atoms. The number of likely N-dealkylation sites (N-methyl/N-ethyl adjacent to an activating group) is 1. The zero-order valence-corrected chi connectivity index (χ0v) is 16.7. The maximum atomic E-state index is 12.3. The number of hydrogen-bond donors (Lipinski definition) is 2. The lowest BCUT2D eigenvalue weighted by Crippen LogP contribution is -2.29. The first-order chi connectivity index (χ1) is 14.0. The summed E-state index contributed by atoms with van der Waals surface area (Å²) in [7, 11) is 1.89. The molecule has 0 aliphatic rings. The van der Waals surface area contributed by atoms with E-state index in [1.807, 2.05) is 85.6 Å².